The molecule has 146 valence electrons. The number of sulfonamides is 1. The lowest BCUT2D eigenvalue weighted by Crippen LogP contribution is -2.27. The van der Waals surface area contributed by atoms with Gasteiger partial charge in [0.2, 0.25) is 15.9 Å². The van der Waals surface area contributed by atoms with Gasteiger partial charge < -0.3 is 10.1 Å². The Kier molecular flexibility index (Phi) is 6.98. The molecule has 2 aromatic rings. The van der Waals surface area contributed by atoms with Crippen molar-refractivity contribution < 1.29 is 17.9 Å². The molecule has 0 bridgehead atoms. The van der Waals surface area contributed by atoms with Crippen LogP contribution < -0.4 is 14.8 Å². The zero-order chi connectivity index (χ0) is 20.0. The molecule has 2 N–H and O–H groups in total. The van der Waals surface area contributed by atoms with Crippen LogP contribution in [0, 0.1) is 6.92 Å². The second-order valence-electron chi connectivity index (χ2n) is 6.39. The molecule has 0 spiro atoms. The lowest BCUT2D eigenvalue weighted by Gasteiger charge is -2.18. The van der Waals surface area contributed by atoms with Crippen LogP contribution >= 0.6 is 0 Å². The summed E-state index contributed by atoms with van der Waals surface area (Å²) in [6, 6.07) is 12.2. The third-order valence-electron chi connectivity index (χ3n) is 4.37. The Morgan fingerprint density at radius 3 is 2.41 bits per heavy atom. The first kappa shape index (κ1) is 20.9. The van der Waals surface area contributed by atoms with Crippen molar-refractivity contribution in [3.8, 4) is 5.75 Å². The standard InChI is InChI=1S/C20H26N2O4S/c1-14-5-11-19(26-4)18(13-14)15(2)22-20(23)12-8-16-6-9-17(10-7-16)27(24,25)21-3/h5-7,9-11,13,15,21H,8,12H2,1-4H3,(H,22,23). The molecule has 0 saturated heterocycles. The van der Waals surface area contributed by atoms with Crippen molar-refractivity contribution in [3.05, 3.63) is 59.2 Å². The summed E-state index contributed by atoms with van der Waals surface area (Å²) in [6.45, 7) is 3.92. The zero-order valence-electron chi connectivity index (χ0n) is 16.1. The molecule has 7 heteroatoms. The summed E-state index contributed by atoms with van der Waals surface area (Å²) in [5.41, 5.74) is 2.94. The number of methoxy groups -OCH3 is 1. The third-order valence-corrected chi connectivity index (χ3v) is 5.80. The van der Waals surface area contributed by atoms with E-state index >= 15 is 0 Å². The minimum absolute atomic E-state index is 0.0713. The van der Waals surface area contributed by atoms with Gasteiger partial charge >= 0.3 is 0 Å². The fourth-order valence-electron chi connectivity index (χ4n) is 2.79. The Morgan fingerprint density at radius 1 is 1.15 bits per heavy atom. The van der Waals surface area contributed by atoms with Gasteiger partial charge in [-0.2, -0.15) is 0 Å². The van der Waals surface area contributed by atoms with Gasteiger partial charge in [0.25, 0.3) is 0 Å². The highest BCUT2D eigenvalue weighted by Gasteiger charge is 2.15. The van der Waals surface area contributed by atoms with Gasteiger partial charge in [0.05, 0.1) is 18.0 Å². The van der Waals surface area contributed by atoms with E-state index in [1.54, 1.807) is 31.4 Å². The molecule has 27 heavy (non-hydrogen) atoms. The molecule has 1 unspecified atom stereocenters. The summed E-state index contributed by atoms with van der Waals surface area (Å²) in [5, 5.41) is 2.99. The topological polar surface area (TPSA) is 84.5 Å². The van der Waals surface area contributed by atoms with Gasteiger partial charge in [-0.05, 0) is 51.1 Å². The molecule has 0 radical (unpaired) electrons. The lowest BCUT2D eigenvalue weighted by atomic mass is 10.0. The van der Waals surface area contributed by atoms with Gasteiger partial charge in [0, 0.05) is 12.0 Å². The largest absolute Gasteiger partial charge is 0.496 e. The molecule has 0 aromatic heterocycles. The van der Waals surface area contributed by atoms with E-state index < -0.39 is 10.0 Å². The average Bonchev–Trinajstić information content (AvgIpc) is 2.66. The number of ether oxygens (including phenoxy) is 1. The minimum atomic E-state index is -3.44. The highest BCUT2D eigenvalue weighted by Crippen LogP contribution is 2.26. The molecule has 6 nitrogen and oxygen atoms in total. The van der Waals surface area contributed by atoms with Gasteiger partial charge in [0.1, 0.15) is 5.75 Å². The highest BCUT2D eigenvalue weighted by molar-refractivity contribution is 7.89. The number of carbonyl (C=O) groups is 1. The SMILES string of the molecule is CNS(=O)(=O)c1ccc(CCC(=O)NC(C)c2cc(C)ccc2OC)cc1. The molecule has 2 rings (SSSR count). The number of rotatable bonds is 8. The summed E-state index contributed by atoms with van der Waals surface area (Å²) in [6.07, 6.45) is 0.847. The number of amides is 1. The molecule has 2 aromatic carbocycles. The van der Waals surface area contributed by atoms with Crippen LogP contribution in [0.15, 0.2) is 47.4 Å². The second kappa shape index (κ2) is 9.01. The average molecular weight is 391 g/mol. The van der Waals surface area contributed by atoms with Crippen LogP contribution in [0.5, 0.6) is 5.75 Å². The van der Waals surface area contributed by atoms with Crippen LogP contribution in [0.2, 0.25) is 0 Å². The fraction of sp³-hybridized carbons (Fsp3) is 0.350. The summed E-state index contributed by atoms with van der Waals surface area (Å²) in [5.74, 6) is 0.674. The molecule has 0 saturated carbocycles. The van der Waals surface area contributed by atoms with Crippen molar-refractivity contribution in [2.24, 2.45) is 0 Å². The molecule has 0 aliphatic carbocycles. The summed E-state index contributed by atoms with van der Waals surface area (Å²) < 4.78 is 31.1. The predicted molar refractivity (Wildman–Crippen MR) is 105 cm³/mol. The Labute approximate surface area is 161 Å². The second-order valence-corrected chi connectivity index (χ2v) is 8.27. The van der Waals surface area contributed by atoms with Crippen molar-refractivity contribution in [1.82, 2.24) is 10.0 Å². The summed E-state index contributed by atoms with van der Waals surface area (Å²) in [4.78, 5) is 12.5. The number of benzene rings is 2. The van der Waals surface area contributed by atoms with Crippen LogP contribution in [-0.4, -0.2) is 28.5 Å². The van der Waals surface area contributed by atoms with Crippen LogP contribution in [0.25, 0.3) is 0 Å². The normalized spacial score (nSPS) is 12.4. The van der Waals surface area contributed by atoms with Crippen molar-refractivity contribution in [2.45, 2.75) is 37.6 Å². The van der Waals surface area contributed by atoms with Gasteiger partial charge in [-0.25, -0.2) is 13.1 Å². The number of aryl methyl sites for hydroxylation is 2. The van der Waals surface area contributed by atoms with Gasteiger partial charge in [-0.15, -0.1) is 0 Å². The van der Waals surface area contributed by atoms with E-state index in [2.05, 4.69) is 10.0 Å². The Morgan fingerprint density at radius 2 is 1.81 bits per heavy atom. The first-order valence-corrected chi connectivity index (χ1v) is 10.2. The maximum absolute atomic E-state index is 12.3. The quantitative estimate of drug-likeness (QED) is 0.726. The fourth-order valence-corrected chi connectivity index (χ4v) is 3.52. The molecule has 0 aliphatic heterocycles. The van der Waals surface area contributed by atoms with E-state index in [4.69, 9.17) is 4.74 Å². The van der Waals surface area contributed by atoms with E-state index in [9.17, 15) is 13.2 Å². The first-order valence-electron chi connectivity index (χ1n) is 8.73. The van der Waals surface area contributed by atoms with E-state index in [-0.39, 0.29) is 16.8 Å². The van der Waals surface area contributed by atoms with Crippen molar-refractivity contribution >= 4 is 15.9 Å². The van der Waals surface area contributed by atoms with E-state index in [0.29, 0.717) is 12.8 Å². The van der Waals surface area contributed by atoms with E-state index in [1.807, 2.05) is 32.0 Å². The van der Waals surface area contributed by atoms with Crippen LogP contribution in [-0.2, 0) is 21.2 Å². The Hall–Kier alpha value is -2.38. The zero-order valence-corrected chi connectivity index (χ0v) is 16.9. The summed E-state index contributed by atoms with van der Waals surface area (Å²) >= 11 is 0. The number of nitrogens with one attached hydrogen (secondary N) is 2. The smallest absolute Gasteiger partial charge is 0.240 e. The van der Waals surface area contributed by atoms with Gasteiger partial charge in [-0.3, -0.25) is 4.79 Å². The predicted octanol–water partition coefficient (Wildman–Crippen LogP) is 2.72. The van der Waals surface area contributed by atoms with Crippen molar-refractivity contribution in [2.75, 3.05) is 14.2 Å². The molecule has 0 fully saturated rings. The lowest BCUT2D eigenvalue weighted by molar-refractivity contribution is -0.121. The highest BCUT2D eigenvalue weighted by atomic mass is 32.2. The van der Waals surface area contributed by atoms with Crippen LogP contribution in [0.3, 0.4) is 0 Å². The van der Waals surface area contributed by atoms with Crippen molar-refractivity contribution in [1.29, 1.82) is 0 Å². The van der Waals surface area contributed by atoms with Crippen molar-refractivity contribution in [3.63, 3.8) is 0 Å². The number of carbonyl (C=O) groups excluding carboxylic acids is 1. The molecule has 0 aliphatic rings. The van der Waals surface area contributed by atoms with Gasteiger partial charge in [-0.1, -0.05) is 29.8 Å². The van der Waals surface area contributed by atoms with E-state index in [0.717, 1.165) is 22.4 Å². The molecule has 1 amide bonds. The van der Waals surface area contributed by atoms with E-state index in [1.165, 1.54) is 7.05 Å². The van der Waals surface area contributed by atoms with Crippen LogP contribution in [0.1, 0.15) is 36.1 Å². The Bertz CT molecular complexity index is 893. The molecule has 0 heterocycles. The number of hydrogen-bond acceptors (Lipinski definition) is 4. The minimum Gasteiger partial charge on any atom is -0.496 e. The first-order chi connectivity index (χ1) is 12.8. The van der Waals surface area contributed by atoms with Gasteiger partial charge in [0.15, 0.2) is 0 Å². The molecular weight excluding hydrogens is 364 g/mol. The Balaban J connectivity index is 1.95. The van der Waals surface area contributed by atoms with Crippen LogP contribution in [0.4, 0.5) is 0 Å². The monoisotopic (exact) mass is 390 g/mol. The third kappa shape index (κ3) is 5.55. The maximum atomic E-state index is 12.3. The molecule has 1 atom stereocenters. The maximum Gasteiger partial charge on any atom is 0.240 e. The number of hydrogen-bond donors (Lipinski definition) is 2. The molecular formula is C20H26N2O4S. The summed E-state index contributed by atoms with van der Waals surface area (Å²) in [7, 11) is -0.459.